The summed E-state index contributed by atoms with van der Waals surface area (Å²) in [6.45, 7) is 0. The lowest BCUT2D eigenvalue weighted by molar-refractivity contribution is -0.0144. The van der Waals surface area contributed by atoms with E-state index in [-0.39, 0.29) is 5.60 Å². The minimum Gasteiger partial charge on any atom is -0.379 e. The van der Waals surface area contributed by atoms with Gasteiger partial charge in [0.1, 0.15) is 0 Å². The molecule has 1 heterocycles. The molecule has 110 valence electrons. The van der Waals surface area contributed by atoms with Crippen LogP contribution in [-0.4, -0.2) is 5.71 Å². The van der Waals surface area contributed by atoms with Crippen LogP contribution in [0.4, 0.5) is 0 Å². The van der Waals surface area contributed by atoms with Crippen LogP contribution in [0.25, 0.3) is 11.1 Å². The van der Waals surface area contributed by atoms with Crippen molar-refractivity contribution in [3.05, 3.63) is 59.7 Å². The Morgan fingerprint density at radius 2 is 1.55 bits per heavy atom. The topological polar surface area (TPSA) is 21.6 Å². The second kappa shape index (κ2) is 4.45. The van der Waals surface area contributed by atoms with Crippen molar-refractivity contribution in [1.82, 2.24) is 0 Å². The van der Waals surface area contributed by atoms with Gasteiger partial charge in [-0.1, -0.05) is 66.5 Å². The van der Waals surface area contributed by atoms with E-state index in [0.29, 0.717) is 5.92 Å². The lowest BCUT2D eigenvalue weighted by atomic mass is 9.75. The standard InChI is InChI=1S/C20H19NO/c1-2-12-18-19(13-3-1)21-22-20(18)16-10-6-4-8-14(16)15-9-5-7-11-17(15)20/h4-11,18H,1-3,12-13H2. The van der Waals surface area contributed by atoms with Gasteiger partial charge >= 0.3 is 0 Å². The first-order chi connectivity index (χ1) is 10.9. The van der Waals surface area contributed by atoms with Gasteiger partial charge < -0.3 is 4.84 Å². The molecule has 0 radical (unpaired) electrons. The second-order valence-electron chi connectivity index (χ2n) is 6.65. The van der Waals surface area contributed by atoms with E-state index in [1.54, 1.807) is 0 Å². The summed E-state index contributed by atoms with van der Waals surface area (Å²) in [7, 11) is 0. The van der Waals surface area contributed by atoms with Gasteiger partial charge in [0, 0.05) is 11.1 Å². The Kier molecular flexibility index (Phi) is 2.52. The Morgan fingerprint density at radius 1 is 0.864 bits per heavy atom. The van der Waals surface area contributed by atoms with Crippen molar-refractivity contribution in [2.24, 2.45) is 11.1 Å². The van der Waals surface area contributed by atoms with Crippen LogP contribution < -0.4 is 0 Å². The molecule has 1 fully saturated rings. The maximum Gasteiger partial charge on any atom is 0.197 e. The number of oxime groups is 1. The lowest BCUT2D eigenvalue weighted by Crippen LogP contribution is -2.35. The van der Waals surface area contributed by atoms with Crippen LogP contribution >= 0.6 is 0 Å². The fourth-order valence-corrected chi connectivity index (χ4v) is 4.62. The van der Waals surface area contributed by atoms with E-state index < -0.39 is 0 Å². The van der Waals surface area contributed by atoms with Gasteiger partial charge in [-0.05, 0) is 30.4 Å². The van der Waals surface area contributed by atoms with E-state index in [9.17, 15) is 0 Å². The zero-order valence-corrected chi connectivity index (χ0v) is 12.6. The zero-order valence-electron chi connectivity index (χ0n) is 12.6. The predicted octanol–water partition coefficient (Wildman–Crippen LogP) is 4.88. The third-order valence-corrected chi connectivity index (χ3v) is 5.57. The zero-order chi connectivity index (χ0) is 14.6. The maximum atomic E-state index is 6.24. The molecule has 3 aliphatic rings. The summed E-state index contributed by atoms with van der Waals surface area (Å²) in [4.78, 5) is 6.24. The normalized spacial score (nSPS) is 24.0. The minimum absolute atomic E-state index is 0.368. The number of nitrogens with zero attached hydrogens (tertiary/aromatic N) is 1. The molecule has 22 heavy (non-hydrogen) atoms. The minimum atomic E-state index is -0.368. The van der Waals surface area contributed by atoms with Gasteiger partial charge in [-0.15, -0.1) is 0 Å². The summed E-state index contributed by atoms with van der Waals surface area (Å²) in [5.74, 6) is 0.403. The summed E-state index contributed by atoms with van der Waals surface area (Å²) in [5, 5.41) is 4.57. The van der Waals surface area contributed by atoms with Crippen LogP contribution in [0.5, 0.6) is 0 Å². The quantitative estimate of drug-likeness (QED) is 0.677. The van der Waals surface area contributed by atoms with Gasteiger partial charge in [0.25, 0.3) is 0 Å². The molecule has 1 atom stereocenters. The first-order valence-corrected chi connectivity index (χ1v) is 8.35. The molecule has 1 aliphatic heterocycles. The maximum absolute atomic E-state index is 6.24. The molecular formula is C20H19NO. The van der Waals surface area contributed by atoms with Crippen LogP contribution in [0.3, 0.4) is 0 Å². The Balaban J connectivity index is 1.78. The highest BCUT2D eigenvalue weighted by Gasteiger charge is 2.56. The van der Waals surface area contributed by atoms with Crippen LogP contribution in [0.2, 0.25) is 0 Å². The third-order valence-electron chi connectivity index (χ3n) is 5.57. The number of rotatable bonds is 0. The fourth-order valence-electron chi connectivity index (χ4n) is 4.62. The molecule has 0 saturated heterocycles. The largest absolute Gasteiger partial charge is 0.379 e. The summed E-state index contributed by atoms with van der Waals surface area (Å²) in [5.41, 5.74) is 6.16. The smallest absolute Gasteiger partial charge is 0.197 e. The molecule has 0 N–H and O–H groups in total. The van der Waals surface area contributed by atoms with E-state index in [0.717, 1.165) is 6.42 Å². The van der Waals surface area contributed by atoms with E-state index in [4.69, 9.17) is 4.84 Å². The van der Waals surface area contributed by atoms with Crippen LogP contribution in [-0.2, 0) is 10.4 Å². The van der Waals surface area contributed by atoms with Gasteiger partial charge in [-0.2, -0.15) is 0 Å². The predicted molar refractivity (Wildman–Crippen MR) is 87.8 cm³/mol. The van der Waals surface area contributed by atoms with E-state index in [1.807, 2.05) is 0 Å². The van der Waals surface area contributed by atoms with E-state index in [1.165, 1.54) is 53.6 Å². The summed E-state index contributed by atoms with van der Waals surface area (Å²) in [6, 6.07) is 17.4. The Hall–Kier alpha value is -2.09. The van der Waals surface area contributed by atoms with Gasteiger partial charge in [0.2, 0.25) is 0 Å². The average Bonchev–Trinajstić information content (AvgIpc) is 2.96. The molecule has 2 aromatic carbocycles. The molecule has 0 bridgehead atoms. The summed E-state index contributed by atoms with van der Waals surface area (Å²) in [6.07, 6.45) is 6.12. The van der Waals surface area contributed by atoms with Crippen molar-refractivity contribution in [1.29, 1.82) is 0 Å². The number of fused-ring (bicyclic) bond motifs is 7. The molecule has 2 aliphatic carbocycles. The van der Waals surface area contributed by atoms with Gasteiger partial charge in [-0.3, -0.25) is 0 Å². The van der Waals surface area contributed by atoms with E-state index >= 15 is 0 Å². The molecule has 0 amide bonds. The molecule has 1 saturated carbocycles. The molecule has 5 rings (SSSR count). The molecule has 2 heteroatoms. The molecule has 2 aromatic rings. The van der Waals surface area contributed by atoms with Crippen molar-refractivity contribution < 1.29 is 4.84 Å². The number of benzene rings is 2. The monoisotopic (exact) mass is 289 g/mol. The SMILES string of the molecule is c1ccc2c(c1)-c1ccccc1C21ON=C2CCCCCC21. The second-order valence-corrected chi connectivity index (χ2v) is 6.65. The van der Waals surface area contributed by atoms with Crippen LogP contribution in [0, 0.1) is 5.92 Å². The van der Waals surface area contributed by atoms with Gasteiger partial charge in [0.15, 0.2) is 5.60 Å². The summed E-state index contributed by atoms with van der Waals surface area (Å²) >= 11 is 0. The van der Waals surface area contributed by atoms with Crippen molar-refractivity contribution in [3.63, 3.8) is 0 Å². The van der Waals surface area contributed by atoms with Crippen molar-refractivity contribution in [2.45, 2.75) is 37.7 Å². The molecule has 1 spiro atoms. The fraction of sp³-hybridized carbons (Fsp3) is 0.350. The van der Waals surface area contributed by atoms with Gasteiger partial charge in [-0.25, -0.2) is 0 Å². The van der Waals surface area contributed by atoms with Crippen LogP contribution in [0.15, 0.2) is 53.7 Å². The van der Waals surface area contributed by atoms with Crippen molar-refractivity contribution in [3.8, 4) is 11.1 Å². The Bertz CT molecular complexity index is 731. The van der Waals surface area contributed by atoms with Crippen molar-refractivity contribution >= 4 is 5.71 Å². The first kappa shape index (κ1) is 12.5. The molecule has 0 aromatic heterocycles. The van der Waals surface area contributed by atoms with Gasteiger partial charge in [0.05, 0.1) is 11.6 Å². The molecule has 2 nitrogen and oxygen atoms in total. The van der Waals surface area contributed by atoms with E-state index in [2.05, 4.69) is 53.7 Å². The summed E-state index contributed by atoms with van der Waals surface area (Å²) < 4.78 is 0. The highest BCUT2D eigenvalue weighted by molar-refractivity contribution is 5.93. The highest BCUT2D eigenvalue weighted by atomic mass is 16.7. The molecule has 1 unspecified atom stereocenters. The van der Waals surface area contributed by atoms with Crippen LogP contribution in [0.1, 0.15) is 43.2 Å². The lowest BCUT2D eigenvalue weighted by Gasteiger charge is -2.31. The average molecular weight is 289 g/mol. The van der Waals surface area contributed by atoms with Crippen molar-refractivity contribution in [2.75, 3.05) is 0 Å². The number of hydrogen-bond donors (Lipinski definition) is 0. The Labute approximate surface area is 130 Å². The third kappa shape index (κ3) is 1.43. The highest BCUT2D eigenvalue weighted by Crippen LogP contribution is 2.57. The molecular weight excluding hydrogens is 270 g/mol. The Morgan fingerprint density at radius 3 is 2.27 bits per heavy atom. The first-order valence-electron chi connectivity index (χ1n) is 8.35. The number of hydrogen-bond acceptors (Lipinski definition) is 2.